The SMILES string of the molecule is Cn1ncc(C(=O)c2ccccc2C(=O)O)c1-c1ccccc1. The second-order valence-corrected chi connectivity index (χ2v) is 5.08. The molecule has 1 aromatic heterocycles. The smallest absolute Gasteiger partial charge is 0.336 e. The highest BCUT2D eigenvalue weighted by Crippen LogP contribution is 2.26. The summed E-state index contributed by atoms with van der Waals surface area (Å²) in [5, 5.41) is 13.4. The summed E-state index contributed by atoms with van der Waals surface area (Å²) in [4.78, 5) is 24.2. The molecule has 0 saturated carbocycles. The molecule has 5 heteroatoms. The predicted octanol–water partition coefficient (Wildman–Crippen LogP) is 3.02. The van der Waals surface area contributed by atoms with E-state index in [1.165, 1.54) is 18.3 Å². The Morgan fingerprint density at radius 3 is 2.17 bits per heavy atom. The van der Waals surface area contributed by atoms with Gasteiger partial charge in [-0.25, -0.2) is 4.79 Å². The van der Waals surface area contributed by atoms with Crippen LogP contribution in [0.3, 0.4) is 0 Å². The number of carbonyl (C=O) groups is 2. The summed E-state index contributed by atoms with van der Waals surface area (Å²) in [6, 6.07) is 15.6. The molecule has 0 unspecified atom stereocenters. The minimum Gasteiger partial charge on any atom is -0.478 e. The summed E-state index contributed by atoms with van der Waals surface area (Å²) in [6.45, 7) is 0. The Morgan fingerprint density at radius 2 is 1.52 bits per heavy atom. The maximum Gasteiger partial charge on any atom is 0.336 e. The number of rotatable bonds is 4. The first kappa shape index (κ1) is 14.7. The molecule has 0 aliphatic carbocycles. The van der Waals surface area contributed by atoms with Crippen LogP contribution in [0.2, 0.25) is 0 Å². The zero-order valence-corrected chi connectivity index (χ0v) is 12.4. The van der Waals surface area contributed by atoms with E-state index >= 15 is 0 Å². The number of ketones is 1. The Kier molecular flexibility index (Phi) is 3.76. The Morgan fingerprint density at radius 1 is 0.913 bits per heavy atom. The first-order valence-corrected chi connectivity index (χ1v) is 7.04. The lowest BCUT2D eigenvalue weighted by Crippen LogP contribution is -2.10. The number of aryl methyl sites for hydroxylation is 1. The highest BCUT2D eigenvalue weighted by atomic mass is 16.4. The van der Waals surface area contributed by atoms with Gasteiger partial charge in [0, 0.05) is 18.2 Å². The summed E-state index contributed by atoms with van der Waals surface area (Å²) in [5.74, 6) is -1.48. The van der Waals surface area contributed by atoms with Crippen LogP contribution >= 0.6 is 0 Å². The molecule has 3 aromatic rings. The molecule has 3 rings (SSSR count). The maximum atomic E-state index is 12.9. The molecule has 0 bridgehead atoms. The number of hydrogen-bond acceptors (Lipinski definition) is 3. The Labute approximate surface area is 132 Å². The monoisotopic (exact) mass is 306 g/mol. The maximum absolute atomic E-state index is 12.9. The molecule has 5 nitrogen and oxygen atoms in total. The molecular formula is C18H14N2O3. The second kappa shape index (κ2) is 5.88. The van der Waals surface area contributed by atoms with Crippen molar-refractivity contribution < 1.29 is 14.7 Å². The Hall–Kier alpha value is -3.21. The average molecular weight is 306 g/mol. The summed E-state index contributed by atoms with van der Waals surface area (Å²) in [5.41, 5.74) is 2.04. The van der Waals surface area contributed by atoms with E-state index in [4.69, 9.17) is 0 Å². The minimum atomic E-state index is -1.13. The molecule has 23 heavy (non-hydrogen) atoms. The number of aromatic carboxylic acids is 1. The third-order valence-electron chi connectivity index (χ3n) is 3.63. The van der Waals surface area contributed by atoms with Crippen LogP contribution in [0.1, 0.15) is 26.3 Å². The van der Waals surface area contributed by atoms with Gasteiger partial charge in [-0.1, -0.05) is 48.5 Å². The van der Waals surface area contributed by atoms with Gasteiger partial charge in [0.2, 0.25) is 0 Å². The van der Waals surface area contributed by atoms with E-state index in [0.717, 1.165) is 5.56 Å². The van der Waals surface area contributed by atoms with Crippen molar-refractivity contribution in [2.24, 2.45) is 7.05 Å². The van der Waals surface area contributed by atoms with Crippen molar-refractivity contribution in [3.05, 3.63) is 77.5 Å². The van der Waals surface area contributed by atoms with Crippen LogP contribution < -0.4 is 0 Å². The molecule has 114 valence electrons. The lowest BCUT2D eigenvalue weighted by atomic mass is 9.96. The van der Waals surface area contributed by atoms with Gasteiger partial charge in [0.15, 0.2) is 5.78 Å². The van der Waals surface area contributed by atoms with Gasteiger partial charge in [-0.05, 0) is 6.07 Å². The van der Waals surface area contributed by atoms with Crippen molar-refractivity contribution in [3.8, 4) is 11.3 Å². The van der Waals surface area contributed by atoms with Crippen molar-refractivity contribution in [1.29, 1.82) is 0 Å². The summed E-state index contributed by atoms with van der Waals surface area (Å²) < 4.78 is 1.62. The minimum absolute atomic E-state index is 0.0136. The van der Waals surface area contributed by atoms with Crippen molar-refractivity contribution >= 4 is 11.8 Å². The first-order valence-electron chi connectivity index (χ1n) is 7.04. The first-order chi connectivity index (χ1) is 11.1. The van der Waals surface area contributed by atoms with E-state index in [9.17, 15) is 14.7 Å². The molecule has 0 spiro atoms. The summed E-state index contributed by atoms with van der Waals surface area (Å²) in [7, 11) is 1.75. The zero-order valence-electron chi connectivity index (χ0n) is 12.4. The largest absolute Gasteiger partial charge is 0.478 e. The van der Waals surface area contributed by atoms with E-state index in [2.05, 4.69) is 5.10 Å². The highest BCUT2D eigenvalue weighted by molar-refractivity contribution is 6.16. The van der Waals surface area contributed by atoms with Crippen molar-refractivity contribution in [2.75, 3.05) is 0 Å². The van der Waals surface area contributed by atoms with Crippen molar-refractivity contribution in [3.63, 3.8) is 0 Å². The number of benzene rings is 2. The molecule has 1 heterocycles. The molecule has 0 aliphatic heterocycles. The standard InChI is InChI=1S/C18H14N2O3/c1-20-16(12-7-3-2-4-8-12)15(11-19-20)17(21)13-9-5-6-10-14(13)18(22)23/h2-11H,1H3,(H,22,23). The van der Waals surface area contributed by atoms with Gasteiger partial charge in [0.05, 0.1) is 23.0 Å². The Balaban J connectivity index is 2.14. The number of carboxylic acid groups (broad SMARTS) is 1. The van der Waals surface area contributed by atoms with Crippen molar-refractivity contribution in [2.45, 2.75) is 0 Å². The normalized spacial score (nSPS) is 10.5. The zero-order chi connectivity index (χ0) is 16.4. The lowest BCUT2D eigenvalue weighted by molar-refractivity contribution is 0.0693. The number of aromatic nitrogens is 2. The third-order valence-corrected chi connectivity index (χ3v) is 3.63. The number of hydrogen-bond donors (Lipinski definition) is 1. The van der Waals surface area contributed by atoms with Crippen LogP contribution in [-0.2, 0) is 7.05 Å². The number of carboxylic acids is 1. The van der Waals surface area contributed by atoms with Crippen molar-refractivity contribution in [1.82, 2.24) is 9.78 Å². The van der Waals surface area contributed by atoms with Crippen LogP contribution in [0, 0.1) is 0 Å². The molecule has 1 N–H and O–H groups in total. The molecular weight excluding hydrogens is 292 g/mol. The fourth-order valence-electron chi connectivity index (χ4n) is 2.55. The summed E-state index contributed by atoms with van der Waals surface area (Å²) >= 11 is 0. The van der Waals surface area contributed by atoms with Gasteiger partial charge < -0.3 is 5.11 Å². The fourth-order valence-corrected chi connectivity index (χ4v) is 2.55. The van der Waals surface area contributed by atoms with Crippen LogP contribution in [-0.4, -0.2) is 26.6 Å². The Bertz CT molecular complexity index is 882. The molecule has 2 aromatic carbocycles. The highest BCUT2D eigenvalue weighted by Gasteiger charge is 2.22. The van der Waals surface area contributed by atoms with E-state index in [1.54, 1.807) is 23.9 Å². The van der Waals surface area contributed by atoms with E-state index < -0.39 is 5.97 Å². The fraction of sp³-hybridized carbons (Fsp3) is 0.0556. The van der Waals surface area contributed by atoms with Gasteiger partial charge in [-0.3, -0.25) is 9.48 Å². The molecule has 0 amide bonds. The average Bonchev–Trinajstić information content (AvgIpc) is 2.96. The van der Waals surface area contributed by atoms with Gasteiger partial charge in [0.1, 0.15) is 0 Å². The van der Waals surface area contributed by atoms with Gasteiger partial charge in [-0.15, -0.1) is 0 Å². The molecule has 0 saturated heterocycles. The van der Waals surface area contributed by atoms with Gasteiger partial charge in [-0.2, -0.15) is 5.10 Å². The molecule has 0 fully saturated rings. The van der Waals surface area contributed by atoms with Crippen LogP contribution in [0.4, 0.5) is 0 Å². The van der Waals surface area contributed by atoms with Crippen LogP contribution in [0.15, 0.2) is 60.8 Å². The topological polar surface area (TPSA) is 72.2 Å². The lowest BCUT2D eigenvalue weighted by Gasteiger charge is -2.08. The molecule has 0 radical (unpaired) electrons. The van der Waals surface area contributed by atoms with E-state index in [-0.39, 0.29) is 16.9 Å². The van der Waals surface area contributed by atoms with Gasteiger partial charge >= 0.3 is 5.97 Å². The van der Waals surface area contributed by atoms with E-state index in [1.807, 2.05) is 30.3 Å². The molecule has 0 aliphatic rings. The second-order valence-electron chi connectivity index (χ2n) is 5.08. The molecule has 0 atom stereocenters. The quantitative estimate of drug-likeness (QED) is 0.752. The van der Waals surface area contributed by atoms with Crippen LogP contribution in [0.5, 0.6) is 0 Å². The summed E-state index contributed by atoms with van der Waals surface area (Å²) in [6.07, 6.45) is 1.48. The predicted molar refractivity (Wildman–Crippen MR) is 85.5 cm³/mol. The number of carbonyl (C=O) groups excluding carboxylic acids is 1. The van der Waals surface area contributed by atoms with E-state index in [0.29, 0.717) is 11.3 Å². The third kappa shape index (κ3) is 2.64. The van der Waals surface area contributed by atoms with Crippen LogP contribution in [0.25, 0.3) is 11.3 Å². The number of nitrogens with zero attached hydrogens (tertiary/aromatic N) is 2. The van der Waals surface area contributed by atoms with Gasteiger partial charge in [0.25, 0.3) is 0 Å².